The van der Waals surface area contributed by atoms with Gasteiger partial charge in [0.15, 0.2) is 0 Å². The predicted octanol–water partition coefficient (Wildman–Crippen LogP) is 1.27. The molecule has 2 amide bonds. The first-order valence-electron chi connectivity index (χ1n) is 7.31. The highest BCUT2D eigenvalue weighted by Gasteiger charge is 2.18. The number of nitrogens with zero attached hydrogens (tertiary/aromatic N) is 2. The third kappa shape index (κ3) is 6.10. The fraction of sp³-hybridized carbons (Fsp3) is 0.412. The number of carbonyl (C=O) groups excluding carboxylic acids is 2. The molecule has 1 N–H and O–H groups in total. The molecular formula is C17H25N3O2. The summed E-state index contributed by atoms with van der Waals surface area (Å²) in [5.74, 6) is -0.285. The zero-order valence-corrected chi connectivity index (χ0v) is 13.6. The first-order chi connectivity index (χ1) is 10.4. The van der Waals surface area contributed by atoms with Gasteiger partial charge in [0.25, 0.3) is 0 Å². The molecule has 0 aromatic heterocycles. The SMILES string of the molecule is C=CCN(CC(=O)NC(C)C(=O)N(C)C)Cc1ccccc1. The van der Waals surface area contributed by atoms with Crippen LogP contribution in [0.4, 0.5) is 0 Å². The van der Waals surface area contributed by atoms with Crippen LogP contribution < -0.4 is 5.32 Å². The smallest absolute Gasteiger partial charge is 0.244 e. The first-order valence-corrected chi connectivity index (χ1v) is 7.31. The number of hydrogen-bond acceptors (Lipinski definition) is 3. The van der Waals surface area contributed by atoms with Crippen LogP contribution in [0.2, 0.25) is 0 Å². The standard InChI is InChI=1S/C17H25N3O2/c1-5-11-20(12-15-9-7-6-8-10-15)13-16(21)18-14(2)17(22)19(3)4/h5-10,14H,1,11-13H2,2-4H3,(H,18,21). The molecule has 120 valence electrons. The largest absolute Gasteiger partial charge is 0.347 e. The number of carbonyl (C=O) groups is 2. The van der Waals surface area contributed by atoms with E-state index in [9.17, 15) is 9.59 Å². The van der Waals surface area contributed by atoms with Crippen LogP contribution in [0, 0.1) is 0 Å². The molecule has 0 saturated carbocycles. The van der Waals surface area contributed by atoms with Crippen LogP contribution in [-0.2, 0) is 16.1 Å². The van der Waals surface area contributed by atoms with Gasteiger partial charge >= 0.3 is 0 Å². The Morgan fingerprint density at radius 1 is 1.27 bits per heavy atom. The lowest BCUT2D eigenvalue weighted by Gasteiger charge is -2.22. The molecular weight excluding hydrogens is 278 g/mol. The van der Waals surface area contributed by atoms with Crippen molar-refractivity contribution < 1.29 is 9.59 Å². The summed E-state index contributed by atoms with van der Waals surface area (Å²) in [6.45, 7) is 6.92. The lowest BCUT2D eigenvalue weighted by molar-refractivity contribution is -0.134. The Morgan fingerprint density at radius 3 is 2.45 bits per heavy atom. The molecule has 1 rings (SSSR count). The van der Waals surface area contributed by atoms with Gasteiger partial charge in [0.05, 0.1) is 6.54 Å². The quantitative estimate of drug-likeness (QED) is 0.736. The number of likely N-dealkylation sites (N-methyl/N-ethyl adjacent to an activating group) is 1. The van der Waals surface area contributed by atoms with Crippen molar-refractivity contribution in [3.05, 3.63) is 48.6 Å². The summed E-state index contributed by atoms with van der Waals surface area (Å²) in [6.07, 6.45) is 1.77. The Hall–Kier alpha value is -2.14. The molecule has 0 radical (unpaired) electrons. The van der Waals surface area contributed by atoms with E-state index >= 15 is 0 Å². The Labute approximate surface area is 132 Å². The van der Waals surface area contributed by atoms with Crippen molar-refractivity contribution >= 4 is 11.8 Å². The van der Waals surface area contributed by atoms with E-state index in [-0.39, 0.29) is 18.4 Å². The van der Waals surface area contributed by atoms with Gasteiger partial charge in [-0.05, 0) is 12.5 Å². The van der Waals surface area contributed by atoms with Crippen LogP contribution in [0.15, 0.2) is 43.0 Å². The van der Waals surface area contributed by atoms with Crippen molar-refractivity contribution in [1.82, 2.24) is 15.1 Å². The van der Waals surface area contributed by atoms with E-state index in [0.29, 0.717) is 13.1 Å². The van der Waals surface area contributed by atoms with Crippen LogP contribution in [0.5, 0.6) is 0 Å². The van der Waals surface area contributed by atoms with Crippen LogP contribution in [0.3, 0.4) is 0 Å². The maximum atomic E-state index is 12.1. The van der Waals surface area contributed by atoms with Crippen molar-refractivity contribution in [2.45, 2.75) is 19.5 Å². The van der Waals surface area contributed by atoms with Gasteiger partial charge < -0.3 is 10.2 Å². The normalized spacial score (nSPS) is 11.8. The third-order valence-electron chi connectivity index (χ3n) is 3.19. The molecule has 0 heterocycles. The molecule has 0 bridgehead atoms. The second-order valence-corrected chi connectivity index (χ2v) is 5.47. The minimum atomic E-state index is -0.523. The average molecular weight is 303 g/mol. The highest BCUT2D eigenvalue weighted by molar-refractivity contribution is 5.87. The van der Waals surface area contributed by atoms with Gasteiger partial charge in [-0.1, -0.05) is 36.4 Å². The molecule has 1 aromatic rings. The van der Waals surface area contributed by atoms with Crippen LogP contribution in [0.1, 0.15) is 12.5 Å². The fourth-order valence-electron chi connectivity index (χ4n) is 2.15. The lowest BCUT2D eigenvalue weighted by Crippen LogP contribution is -2.47. The van der Waals surface area contributed by atoms with Crippen LogP contribution >= 0.6 is 0 Å². The van der Waals surface area contributed by atoms with Gasteiger partial charge in [0, 0.05) is 27.2 Å². The van der Waals surface area contributed by atoms with Crippen molar-refractivity contribution in [3.63, 3.8) is 0 Å². The van der Waals surface area contributed by atoms with Crippen molar-refractivity contribution in [1.29, 1.82) is 0 Å². The van der Waals surface area contributed by atoms with Gasteiger partial charge in [-0.2, -0.15) is 0 Å². The maximum Gasteiger partial charge on any atom is 0.244 e. The second-order valence-electron chi connectivity index (χ2n) is 5.47. The molecule has 0 aliphatic heterocycles. The summed E-state index contributed by atoms with van der Waals surface area (Å²) in [5.41, 5.74) is 1.13. The molecule has 5 heteroatoms. The van der Waals surface area contributed by atoms with Gasteiger partial charge in [-0.15, -0.1) is 6.58 Å². The van der Waals surface area contributed by atoms with Gasteiger partial charge in [-0.3, -0.25) is 14.5 Å². The summed E-state index contributed by atoms with van der Waals surface area (Å²) in [4.78, 5) is 27.3. The number of benzene rings is 1. The molecule has 0 saturated heterocycles. The van der Waals surface area contributed by atoms with Crippen LogP contribution in [-0.4, -0.2) is 54.8 Å². The molecule has 0 aliphatic rings. The Morgan fingerprint density at radius 2 is 1.91 bits per heavy atom. The molecule has 1 unspecified atom stereocenters. The minimum absolute atomic E-state index is 0.119. The number of rotatable bonds is 8. The van der Waals surface area contributed by atoms with E-state index < -0.39 is 6.04 Å². The molecule has 1 atom stereocenters. The number of nitrogens with one attached hydrogen (secondary N) is 1. The fourth-order valence-corrected chi connectivity index (χ4v) is 2.15. The molecule has 1 aromatic carbocycles. The molecule has 0 fully saturated rings. The molecule has 0 aliphatic carbocycles. The van der Waals surface area contributed by atoms with E-state index in [1.165, 1.54) is 4.90 Å². The number of hydrogen-bond donors (Lipinski definition) is 1. The second kappa shape index (κ2) is 9.00. The van der Waals surface area contributed by atoms with Gasteiger partial charge in [-0.25, -0.2) is 0 Å². The summed E-state index contributed by atoms with van der Waals surface area (Å²) in [5, 5.41) is 2.73. The summed E-state index contributed by atoms with van der Waals surface area (Å²) < 4.78 is 0. The average Bonchev–Trinajstić information content (AvgIpc) is 2.47. The predicted molar refractivity (Wildman–Crippen MR) is 88.2 cm³/mol. The summed E-state index contributed by atoms with van der Waals surface area (Å²) in [6, 6.07) is 9.42. The molecule has 0 spiro atoms. The topological polar surface area (TPSA) is 52.7 Å². The number of amides is 2. The lowest BCUT2D eigenvalue weighted by atomic mass is 10.2. The Bertz CT molecular complexity index is 500. The summed E-state index contributed by atoms with van der Waals surface area (Å²) >= 11 is 0. The van der Waals surface area contributed by atoms with Crippen molar-refractivity contribution in [2.75, 3.05) is 27.2 Å². The first kappa shape index (κ1) is 17.9. The summed E-state index contributed by atoms with van der Waals surface area (Å²) in [7, 11) is 3.34. The highest BCUT2D eigenvalue weighted by Crippen LogP contribution is 2.04. The zero-order valence-electron chi connectivity index (χ0n) is 13.6. The van der Waals surface area contributed by atoms with Gasteiger partial charge in [0.1, 0.15) is 6.04 Å². The molecule has 5 nitrogen and oxygen atoms in total. The molecule has 22 heavy (non-hydrogen) atoms. The van der Waals surface area contributed by atoms with Crippen molar-refractivity contribution in [3.8, 4) is 0 Å². The maximum absolute atomic E-state index is 12.1. The van der Waals surface area contributed by atoms with E-state index in [1.54, 1.807) is 27.1 Å². The monoisotopic (exact) mass is 303 g/mol. The van der Waals surface area contributed by atoms with E-state index in [2.05, 4.69) is 11.9 Å². The Balaban J connectivity index is 2.57. The van der Waals surface area contributed by atoms with Crippen molar-refractivity contribution in [2.24, 2.45) is 0 Å². The minimum Gasteiger partial charge on any atom is -0.347 e. The van der Waals surface area contributed by atoms with E-state index in [4.69, 9.17) is 0 Å². The third-order valence-corrected chi connectivity index (χ3v) is 3.19. The van der Waals surface area contributed by atoms with Gasteiger partial charge in [0.2, 0.25) is 11.8 Å². The van der Waals surface area contributed by atoms with Crippen LogP contribution in [0.25, 0.3) is 0 Å². The Kier molecular flexibility index (Phi) is 7.32. The highest BCUT2D eigenvalue weighted by atomic mass is 16.2. The zero-order chi connectivity index (χ0) is 16.5. The van der Waals surface area contributed by atoms with E-state index in [0.717, 1.165) is 5.56 Å². The van der Waals surface area contributed by atoms with E-state index in [1.807, 2.05) is 35.2 Å².